The summed E-state index contributed by atoms with van der Waals surface area (Å²) in [4.78, 5) is 25.0. The molecule has 2 aromatic carbocycles. The number of aromatic carboxylic acids is 1. The average molecular weight is 472 g/mol. The standard InChI is InChI=1S/C24H23Cl2N3O3/c1-14-21(23(30)27-16-7-3-2-4-8-16)28-29(20-10-6-5-9-18(20)24(31)32)22(14)17-12-11-15(25)13-19(17)26/h5-6,9-13,16H,2-4,7-8H2,1H3,(H,27,30)(H,31,32). The fourth-order valence-corrected chi connectivity index (χ4v) is 4.72. The largest absolute Gasteiger partial charge is 0.478 e. The number of carboxylic acids is 1. The van der Waals surface area contributed by atoms with Crippen molar-refractivity contribution in [1.29, 1.82) is 0 Å². The number of rotatable bonds is 5. The Bertz CT molecular complexity index is 1180. The SMILES string of the molecule is Cc1c(C(=O)NC2CCCCC2)nn(-c2ccccc2C(=O)O)c1-c1ccc(Cl)cc1Cl. The van der Waals surface area contributed by atoms with Crippen LogP contribution in [0, 0.1) is 6.92 Å². The lowest BCUT2D eigenvalue weighted by molar-refractivity contribution is 0.0696. The van der Waals surface area contributed by atoms with Crippen molar-refractivity contribution in [3.8, 4) is 16.9 Å². The predicted octanol–water partition coefficient (Wildman–Crippen LogP) is 5.92. The third-order valence-corrected chi connectivity index (χ3v) is 6.37. The Labute approximate surface area is 196 Å². The maximum absolute atomic E-state index is 13.2. The van der Waals surface area contributed by atoms with Crippen molar-refractivity contribution in [3.63, 3.8) is 0 Å². The van der Waals surface area contributed by atoms with E-state index >= 15 is 0 Å². The molecule has 1 aliphatic carbocycles. The van der Waals surface area contributed by atoms with Gasteiger partial charge in [0.25, 0.3) is 5.91 Å². The van der Waals surface area contributed by atoms with Crippen molar-refractivity contribution >= 4 is 35.1 Å². The first-order valence-corrected chi connectivity index (χ1v) is 11.3. The Morgan fingerprint density at radius 3 is 2.50 bits per heavy atom. The molecule has 1 aliphatic rings. The van der Waals surface area contributed by atoms with Crippen molar-refractivity contribution in [1.82, 2.24) is 15.1 Å². The molecule has 1 heterocycles. The first kappa shape index (κ1) is 22.4. The second-order valence-corrected chi connectivity index (χ2v) is 8.83. The molecule has 3 aromatic rings. The normalized spacial score (nSPS) is 14.3. The van der Waals surface area contributed by atoms with Crippen LogP contribution in [0.2, 0.25) is 10.0 Å². The number of hydrogen-bond donors (Lipinski definition) is 2. The summed E-state index contributed by atoms with van der Waals surface area (Å²) in [6, 6.07) is 11.7. The van der Waals surface area contributed by atoms with Crippen molar-refractivity contribution in [2.45, 2.75) is 45.1 Å². The number of carbonyl (C=O) groups excluding carboxylic acids is 1. The first-order chi connectivity index (χ1) is 15.4. The summed E-state index contributed by atoms with van der Waals surface area (Å²) in [7, 11) is 0. The number of nitrogens with zero attached hydrogens (tertiary/aromatic N) is 2. The molecule has 1 amide bonds. The summed E-state index contributed by atoms with van der Waals surface area (Å²) in [5.74, 6) is -1.36. The molecule has 1 fully saturated rings. The molecule has 6 nitrogen and oxygen atoms in total. The Morgan fingerprint density at radius 1 is 1.09 bits per heavy atom. The minimum Gasteiger partial charge on any atom is -0.478 e. The number of carbonyl (C=O) groups is 2. The highest BCUT2D eigenvalue weighted by molar-refractivity contribution is 6.36. The zero-order valence-electron chi connectivity index (χ0n) is 17.6. The van der Waals surface area contributed by atoms with Gasteiger partial charge in [-0.2, -0.15) is 5.10 Å². The highest BCUT2D eigenvalue weighted by Crippen LogP contribution is 2.36. The van der Waals surface area contributed by atoms with Gasteiger partial charge in [-0.3, -0.25) is 4.79 Å². The van der Waals surface area contributed by atoms with Gasteiger partial charge in [-0.15, -0.1) is 0 Å². The Balaban J connectivity index is 1.87. The molecule has 0 bridgehead atoms. The monoisotopic (exact) mass is 471 g/mol. The van der Waals surface area contributed by atoms with Crippen LogP contribution in [0.4, 0.5) is 0 Å². The molecule has 0 aliphatic heterocycles. The van der Waals surface area contributed by atoms with E-state index in [1.165, 1.54) is 17.2 Å². The number of benzene rings is 2. The zero-order valence-corrected chi connectivity index (χ0v) is 19.1. The third kappa shape index (κ3) is 4.38. The van der Waals surface area contributed by atoms with Crippen LogP contribution in [0.1, 0.15) is 58.5 Å². The van der Waals surface area contributed by atoms with E-state index in [1.54, 1.807) is 43.3 Å². The van der Waals surface area contributed by atoms with Crippen LogP contribution in [0.25, 0.3) is 16.9 Å². The summed E-state index contributed by atoms with van der Waals surface area (Å²) >= 11 is 12.6. The van der Waals surface area contributed by atoms with E-state index in [-0.39, 0.29) is 23.2 Å². The smallest absolute Gasteiger partial charge is 0.337 e. The molecule has 0 spiro atoms. The van der Waals surface area contributed by atoms with E-state index in [4.69, 9.17) is 23.2 Å². The summed E-state index contributed by atoms with van der Waals surface area (Å²) in [5.41, 5.74) is 2.44. The molecule has 0 radical (unpaired) electrons. The number of para-hydroxylation sites is 1. The fourth-order valence-electron chi connectivity index (χ4n) is 4.22. The summed E-state index contributed by atoms with van der Waals surface area (Å²) in [5, 5.41) is 18.2. The van der Waals surface area contributed by atoms with Crippen LogP contribution in [0.3, 0.4) is 0 Å². The van der Waals surface area contributed by atoms with Crippen LogP contribution in [-0.4, -0.2) is 32.8 Å². The molecule has 166 valence electrons. The first-order valence-electron chi connectivity index (χ1n) is 10.6. The molecular formula is C24H23Cl2N3O3. The van der Waals surface area contributed by atoms with Gasteiger partial charge >= 0.3 is 5.97 Å². The summed E-state index contributed by atoms with van der Waals surface area (Å²) in [6.45, 7) is 1.79. The van der Waals surface area contributed by atoms with Crippen LogP contribution in [0.5, 0.6) is 0 Å². The van der Waals surface area contributed by atoms with Gasteiger partial charge in [-0.05, 0) is 50.1 Å². The molecule has 1 saturated carbocycles. The van der Waals surface area contributed by atoms with Crippen LogP contribution < -0.4 is 5.32 Å². The van der Waals surface area contributed by atoms with Gasteiger partial charge in [0.1, 0.15) is 0 Å². The molecule has 0 unspecified atom stereocenters. The minimum absolute atomic E-state index is 0.0700. The number of hydrogen-bond acceptors (Lipinski definition) is 3. The lowest BCUT2D eigenvalue weighted by atomic mass is 9.95. The Hall–Kier alpha value is -2.83. The van der Waals surface area contributed by atoms with Gasteiger partial charge in [0.2, 0.25) is 0 Å². The number of amides is 1. The molecule has 1 aromatic heterocycles. The van der Waals surface area contributed by atoms with E-state index < -0.39 is 5.97 Å². The van der Waals surface area contributed by atoms with Crippen LogP contribution in [0.15, 0.2) is 42.5 Å². The number of aromatic nitrogens is 2. The second-order valence-electron chi connectivity index (χ2n) is 7.99. The van der Waals surface area contributed by atoms with Crippen molar-refractivity contribution in [3.05, 3.63) is 69.3 Å². The van der Waals surface area contributed by atoms with Gasteiger partial charge in [0, 0.05) is 22.2 Å². The average Bonchev–Trinajstić information content (AvgIpc) is 3.11. The van der Waals surface area contributed by atoms with Crippen molar-refractivity contribution in [2.75, 3.05) is 0 Å². The van der Waals surface area contributed by atoms with Gasteiger partial charge in [0.15, 0.2) is 5.69 Å². The van der Waals surface area contributed by atoms with Gasteiger partial charge in [-0.25, -0.2) is 9.48 Å². The predicted molar refractivity (Wildman–Crippen MR) is 125 cm³/mol. The van der Waals surface area contributed by atoms with Crippen molar-refractivity contribution in [2.24, 2.45) is 0 Å². The van der Waals surface area contributed by atoms with Gasteiger partial charge < -0.3 is 10.4 Å². The molecular weight excluding hydrogens is 449 g/mol. The molecule has 4 rings (SSSR count). The molecule has 0 atom stereocenters. The Kier molecular flexibility index (Phi) is 6.53. The van der Waals surface area contributed by atoms with Crippen LogP contribution >= 0.6 is 23.2 Å². The summed E-state index contributed by atoms with van der Waals surface area (Å²) < 4.78 is 1.49. The molecule has 8 heteroatoms. The third-order valence-electron chi connectivity index (χ3n) is 5.83. The topological polar surface area (TPSA) is 84.2 Å². The highest BCUT2D eigenvalue weighted by atomic mass is 35.5. The molecule has 32 heavy (non-hydrogen) atoms. The maximum Gasteiger partial charge on any atom is 0.337 e. The summed E-state index contributed by atoms with van der Waals surface area (Å²) in [6.07, 6.45) is 5.27. The van der Waals surface area contributed by atoms with E-state index in [9.17, 15) is 14.7 Å². The minimum atomic E-state index is -1.09. The van der Waals surface area contributed by atoms with E-state index in [2.05, 4.69) is 10.4 Å². The number of carboxylic acid groups (broad SMARTS) is 1. The highest BCUT2D eigenvalue weighted by Gasteiger charge is 2.27. The number of halogens is 2. The van der Waals surface area contributed by atoms with E-state index in [1.807, 2.05) is 0 Å². The lowest BCUT2D eigenvalue weighted by Crippen LogP contribution is -2.36. The van der Waals surface area contributed by atoms with Crippen LogP contribution in [-0.2, 0) is 0 Å². The maximum atomic E-state index is 13.2. The Morgan fingerprint density at radius 2 is 1.81 bits per heavy atom. The fraction of sp³-hybridized carbons (Fsp3) is 0.292. The zero-order chi connectivity index (χ0) is 22.8. The lowest BCUT2D eigenvalue weighted by Gasteiger charge is -2.22. The quantitative estimate of drug-likeness (QED) is 0.483. The molecule has 2 N–H and O–H groups in total. The van der Waals surface area contributed by atoms with E-state index in [0.29, 0.717) is 32.6 Å². The van der Waals surface area contributed by atoms with E-state index in [0.717, 1.165) is 25.7 Å². The second kappa shape index (κ2) is 9.35. The number of nitrogens with one attached hydrogen (secondary N) is 1. The van der Waals surface area contributed by atoms with Gasteiger partial charge in [0.05, 0.1) is 22.0 Å². The molecule has 0 saturated heterocycles. The van der Waals surface area contributed by atoms with Crippen molar-refractivity contribution < 1.29 is 14.7 Å². The van der Waals surface area contributed by atoms with Gasteiger partial charge in [-0.1, -0.05) is 54.6 Å².